The number of carbonyl (C=O) groups excluding carboxylic acids is 4. The van der Waals surface area contributed by atoms with E-state index in [0.29, 0.717) is 73.7 Å². The van der Waals surface area contributed by atoms with Crippen molar-refractivity contribution in [2.75, 3.05) is 13.7 Å². The van der Waals surface area contributed by atoms with Gasteiger partial charge in [0.1, 0.15) is 35.3 Å². The zero-order chi connectivity index (χ0) is 46.6. The van der Waals surface area contributed by atoms with Crippen molar-refractivity contribution in [1.82, 2.24) is 25.2 Å². The van der Waals surface area contributed by atoms with Gasteiger partial charge in [-0.25, -0.2) is 22.6 Å². The van der Waals surface area contributed by atoms with Gasteiger partial charge >= 0.3 is 12.3 Å². The van der Waals surface area contributed by atoms with Crippen molar-refractivity contribution in [3.8, 4) is 22.9 Å². The van der Waals surface area contributed by atoms with Crippen molar-refractivity contribution in [3.05, 3.63) is 66.5 Å². The average Bonchev–Trinajstić information content (AvgIpc) is 4.10. The van der Waals surface area contributed by atoms with E-state index in [2.05, 4.69) is 15.4 Å². The number of amides is 4. The Morgan fingerprint density at radius 2 is 1.72 bits per heavy atom. The lowest BCUT2D eigenvalue weighted by molar-refractivity contribution is -0.244. The molecule has 0 bridgehead atoms. The molecular formula is C45H53F4N5O9S. The molecule has 14 nitrogen and oxygen atoms in total. The first kappa shape index (κ1) is 46.5. The van der Waals surface area contributed by atoms with E-state index in [1.807, 2.05) is 13.0 Å². The van der Waals surface area contributed by atoms with Crippen LogP contribution in [0.4, 0.5) is 22.4 Å². The number of aromatic nitrogens is 1. The first-order valence-electron chi connectivity index (χ1n) is 21.3. The number of nitrogens with one attached hydrogen (secondary N) is 3. The molecule has 2 aliphatic carbocycles. The fourth-order valence-corrected chi connectivity index (χ4v) is 9.70. The van der Waals surface area contributed by atoms with Crippen molar-refractivity contribution < 1.29 is 59.4 Å². The number of carbonyl (C=O) groups is 4. The summed E-state index contributed by atoms with van der Waals surface area (Å²) >= 11 is 0. The molecule has 19 heteroatoms. The predicted octanol–water partition coefficient (Wildman–Crippen LogP) is 6.72. The summed E-state index contributed by atoms with van der Waals surface area (Å²) in [7, 11) is -2.62. The molecule has 64 heavy (non-hydrogen) atoms. The Bertz CT molecular complexity index is 2460. The van der Waals surface area contributed by atoms with Gasteiger partial charge < -0.3 is 29.7 Å². The summed E-state index contributed by atoms with van der Waals surface area (Å²) in [5.74, 6) is -3.75. The minimum Gasteiger partial charge on any atom is -0.497 e. The Morgan fingerprint density at radius 3 is 2.38 bits per heavy atom. The van der Waals surface area contributed by atoms with Gasteiger partial charge in [0, 0.05) is 23.3 Å². The summed E-state index contributed by atoms with van der Waals surface area (Å²) in [6, 6.07) is 9.68. The number of rotatable bonds is 9. The van der Waals surface area contributed by atoms with Crippen LogP contribution < -0.4 is 24.8 Å². The maximum absolute atomic E-state index is 15.0. The molecule has 3 heterocycles. The van der Waals surface area contributed by atoms with Crippen LogP contribution >= 0.6 is 0 Å². The maximum atomic E-state index is 15.0. The SMILES string of the molecule is COc1ccc2c(O[C@@H]3C[C@H]4C(=O)N[C@]5(C(=O)NS(=O)(=O)C6(C)CC6)C[C@H]5/C=C\CC[C@H](C)C[C@@H](C)[C@H](NC(=O)OC(C)(C)C(F)(F)F)C(=O)N4C3)nc(-c3ccc(F)cc3)cc2c1. The number of methoxy groups -OCH3 is 1. The summed E-state index contributed by atoms with van der Waals surface area (Å²) in [6.07, 6.45) is -1.76. The summed E-state index contributed by atoms with van der Waals surface area (Å²) in [4.78, 5) is 62.9. The third kappa shape index (κ3) is 9.49. The minimum atomic E-state index is -4.94. The second-order valence-electron chi connectivity index (χ2n) is 18.4. The topological polar surface area (TPSA) is 182 Å². The number of sulfonamides is 1. The van der Waals surface area contributed by atoms with Crippen LogP contribution in [0, 0.1) is 23.6 Å². The number of nitrogens with zero attached hydrogens (tertiary/aromatic N) is 2. The lowest BCUT2D eigenvalue weighted by Gasteiger charge is -2.34. The number of alkyl carbamates (subject to hydrolysis) is 1. The highest BCUT2D eigenvalue weighted by Gasteiger charge is 2.63. The molecule has 346 valence electrons. The standard InChI is InChI=1S/C45H53F4N5O9S/c1-25-9-7-8-10-29-23-44(29,40(57)53-64(59,60)43(5)17-18-43)52-37(55)35-22-32(24-54(35)39(56)36(26(2)19-25)51-41(58)63-42(3,4)45(47,48)49)62-38-33-16-15-31(61-6)20-28(33)21-34(50-38)27-11-13-30(46)14-12-27/h8,10-16,20-21,25-26,29,32,35-36H,7,9,17-19,22-24H2,1-6H3,(H,51,58)(H,52,55)(H,53,57)/b10-8-/t25-,26+,29+,32+,35-,36-,44+/m0/s1. The number of hydrogen-bond donors (Lipinski definition) is 3. The smallest absolute Gasteiger partial charge is 0.427 e. The van der Waals surface area contributed by atoms with Crippen LogP contribution in [0.25, 0.3) is 22.0 Å². The first-order chi connectivity index (χ1) is 30.0. The molecule has 0 radical (unpaired) electrons. The van der Waals surface area contributed by atoms with E-state index in [1.54, 1.807) is 49.4 Å². The predicted molar refractivity (Wildman–Crippen MR) is 227 cm³/mol. The van der Waals surface area contributed by atoms with Crippen LogP contribution in [0.15, 0.2) is 60.7 Å². The number of pyridine rings is 1. The van der Waals surface area contributed by atoms with E-state index in [1.165, 1.54) is 26.2 Å². The molecule has 4 amide bonds. The monoisotopic (exact) mass is 915 g/mol. The number of hydrogen-bond acceptors (Lipinski definition) is 10. The molecule has 3 fully saturated rings. The molecule has 2 aromatic carbocycles. The highest BCUT2D eigenvalue weighted by atomic mass is 32.2. The molecule has 3 N–H and O–H groups in total. The van der Waals surface area contributed by atoms with Gasteiger partial charge in [-0.15, -0.1) is 0 Å². The summed E-state index contributed by atoms with van der Waals surface area (Å²) in [5.41, 5.74) is -3.65. The van der Waals surface area contributed by atoms with Crippen molar-refractivity contribution in [1.29, 1.82) is 0 Å². The van der Waals surface area contributed by atoms with E-state index in [9.17, 15) is 45.2 Å². The summed E-state index contributed by atoms with van der Waals surface area (Å²) < 4.78 is 99.9. The van der Waals surface area contributed by atoms with E-state index in [0.717, 1.165) is 4.90 Å². The zero-order valence-corrected chi connectivity index (χ0v) is 37.2. The highest BCUT2D eigenvalue weighted by molar-refractivity contribution is 7.91. The minimum absolute atomic E-state index is 0.0705. The van der Waals surface area contributed by atoms with E-state index in [4.69, 9.17) is 19.2 Å². The van der Waals surface area contributed by atoms with Gasteiger partial charge in [-0.2, -0.15) is 13.2 Å². The van der Waals surface area contributed by atoms with E-state index < -0.39 is 91.7 Å². The number of benzene rings is 2. The Morgan fingerprint density at radius 1 is 1.02 bits per heavy atom. The summed E-state index contributed by atoms with van der Waals surface area (Å²) in [6.45, 7) is 6.20. The number of allylic oxidation sites excluding steroid dienone is 1. The fourth-order valence-electron chi connectivity index (χ4n) is 8.39. The van der Waals surface area contributed by atoms with Crippen molar-refractivity contribution >= 4 is 44.6 Å². The lowest BCUT2D eigenvalue weighted by atomic mass is 9.88. The Labute approximate surface area is 368 Å². The van der Waals surface area contributed by atoms with Crippen LogP contribution in [0.1, 0.15) is 79.6 Å². The van der Waals surface area contributed by atoms with Gasteiger partial charge in [-0.1, -0.05) is 26.0 Å². The average molecular weight is 916 g/mol. The summed E-state index contributed by atoms with van der Waals surface area (Å²) in [5, 5.41) is 6.34. The van der Waals surface area contributed by atoms with Crippen LogP contribution in [0.3, 0.4) is 0 Å². The fraction of sp³-hybridized carbons (Fsp3) is 0.533. The zero-order valence-electron chi connectivity index (χ0n) is 36.4. The molecule has 2 aliphatic heterocycles. The second-order valence-corrected chi connectivity index (χ2v) is 20.6. The third-order valence-corrected chi connectivity index (χ3v) is 15.1. The molecule has 7 rings (SSSR count). The first-order valence-corrected chi connectivity index (χ1v) is 22.8. The van der Waals surface area contributed by atoms with Crippen molar-refractivity contribution in [2.24, 2.45) is 17.8 Å². The molecule has 4 aliphatic rings. The Hall–Kier alpha value is -5.46. The largest absolute Gasteiger partial charge is 0.497 e. The number of fused-ring (bicyclic) bond motifs is 3. The second kappa shape index (κ2) is 17.2. The lowest BCUT2D eigenvalue weighted by Crippen LogP contribution is -2.59. The van der Waals surface area contributed by atoms with Crippen LogP contribution in [-0.2, 0) is 29.1 Å². The van der Waals surface area contributed by atoms with Crippen molar-refractivity contribution in [3.63, 3.8) is 0 Å². The maximum Gasteiger partial charge on any atom is 0.427 e. The van der Waals surface area contributed by atoms with E-state index >= 15 is 0 Å². The van der Waals surface area contributed by atoms with Crippen LogP contribution in [0.5, 0.6) is 11.6 Å². The third-order valence-electron chi connectivity index (χ3n) is 13.0. The molecule has 0 unspecified atom stereocenters. The van der Waals surface area contributed by atoms with Crippen molar-refractivity contribution in [2.45, 2.75) is 120 Å². The van der Waals surface area contributed by atoms with E-state index in [-0.39, 0.29) is 31.2 Å². The van der Waals surface area contributed by atoms with Gasteiger partial charge in [0.25, 0.3) is 5.91 Å². The Balaban J connectivity index is 1.27. The normalized spacial score (nSPS) is 27.8. The molecular weight excluding hydrogens is 863 g/mol. The van der Waals surface area contributed by atoms with Gasteiger partial charge in [0.2, 0.25) is 33.3 Å². The Kier molecular flexibility index (Phi) is 12.5. The van der Waals surface area contributed by atoms with Gasteiger partial charge in [0.15, 0.2) is 0 Å². The number of ether oxygens (including phenoxy) is 3. The molecule has 2 saturated carbocycles. The van der Waals surface area contributed by atoms with Gasteiger partial charge in [-0.3, -0.25) is 19.1 Å². The van der Waals surface area contributed by atoms with Gasteiger partial charge in [-0.05, 0) is 125 Å². The number of halogens is 4. The molecule has 1 aromatic heterocycles. The quantitative estimate of drug-likeness (QED) is 0.154. The number of alkyl halides is 3. The molecule has 1 saturated heterocycles. The van der Waals surface area contributed by atoms with Gasteiger partial charge in [0.05, 0.1) is 24.1 Å². The molecule has 3 aromatic rings. The molecule has 7 atom stereocenters. The van der Waals surface area contributed by atoms with Crippen LogP contribution in [-0.4, -0.2) is 96.0 Å². The van der Waals surface area contributed by atoms with Crippen LogP contribution in [0.2, 0.25) is 0 Å². The molecule has 0 spiro atoms. The highest BCUT2D eigenvalue weighted by Crippen LogP contribution is 2.48.